The molecule has 1 N–H and O–H groups in total. The summed E-state index contributed by atoms with van der Waals surface area (Å²) < 4.78 is 0. The summed E-state index contributed by atoms with van der Waals surface area (Å²) in [6.07, 6.45) is 0. The molecule has 0 bridgehead atoms. The van der Waals surface area contributed by atoms with E-state index in [4.69, 9.17) is 0 Å². The molecule has 0 unspecified atom stereocenters. The van der Waals surface area contributed by atoms with Gasteiger partial charge in [-0.15, -0.1) is 0 Å². The molecule has 0 aromatic heterocycles. The van der Waals surface area contributed by atoms with Crippen molar-refractivity contribution in [1.82, 2.24) is 4.90 Å². The van der Waals surface area contributed by atoms with Crippen LogP contribution >= 0.6 is 0 Å². The molecule has 1 aromatic carbocycles. The summed E-state index contributed by atoms with van der Waals surface area (Å²) in [5.74, 6) is 0.285. The van der Waals surface area contributed by atoms with Gasteiger partial charge in [-0.05, 0) is 45.5 Å². The quantitative estimate of drug-likeness (QED) is 0.798. The maximum absolute atomic E-state index is 11.3. The Balaban J connectivity index is 2.96. The van der Waals surface area contributed by atoms with Crippen molar-refractivity contribution in [3.63, 3.8) is 0 Å². The van der Waals surface area contributed by atoms with Crippen LogP contribution in [0.5, 0.6) is 5.75 Å². The van der Waals surface area contributed by atoms with Crippen molar-refractivity contribution in [3.05, 3.63) is 29.3 Å². The zero-order chi connectivity index (χ0) is 13.0. The molecule has 0 aliphatic carbocycles. The molecule has 0 saturated carbocycles. The highest BCUT2D eigenvalue weighted by molar-refractivity contribution is 5.94. The normalized spacial score (nSPS) is 11.2. The number of benzene rings is 1. The zero-order valence-electron chi connectivity index (χ0n) is 11.0. The van der Waals surface area contributed by atoms with Crippen LogP contribution in [0.1, 0.15) is 43.6 Å². The number of phenolic OH excluding ortho intramolecular Hbond substituents is 1. The molecule has 0 fully saturated rings. The van der Waals surface area contributed by atoms with Gasteiger partial charge in [-0.3, -0.25) is 9.69 Å². The minimum atomic E-state index is 0.0267. The number of nitrogens with zero attached hydrogens (tertiary/aromatic N) is 1. The fraction of sp³-hybridized carbons (Fsp3) is 0.500. The van der Waals surface area contributed by atoms with Gasteiger partial charge in [0.25, 0.3) is 0 Å². The molecular weight excluding hydrogens is 214 g/mol. The van der Waals surface area contributed by atoms with Crippen LogP contribution in [0.3, 0.4) is 0 Å². The van der Waals surface area contributed by atoms with Crippen LogP contribution in [0.2, 0.25) is 0 Å². The van der Waals surface area contributed by atoms with Gasteiger partial charge in [0, 0.05) is 23.7 Å². The molecule has 0 radical (unpaired) electrons. The maximum atomic E-state index is 11.3. The van der Waals surface area contributed by atoms with E-state index < -0.39 is 0 Å². The molecule has 3 nitrogen and oxygen atoms in total. The van der Waals surface area contributed by atoms with Crippen molar-refractivity contribution < 1.29 is 9.90 Å². The fourth-order valence-corrected chi connectivity index (χ4v) is 1.81. The minimum absolute atomic E-state index is 0.0267. The number of phenols is 1. The summed E-state index contributed by atoms with van der Waals surface area (Å²) in [6.45, 7) is 9.45. The molecule has 0 atom stereocenters. The zero-order valence-corrected chi connectivity index (χ0v) is 11.0. The van der Waals surface area contributed by atoms with Gasteiger partial charge in [0.1, 0.15) is 5.75 Å². The van der Waals surface area contributed by atoms with Crippen LogP contribution in [-0.4, -0.2) is 28.4 Å². The molecule has 0 aliphatic heterocycles. The summed E-state index contributed by atoms with van der Waals surface area (Å²) in [6, 6.07) is 5.45. The Morgan fingerprint density at radius 1 is 1.41 bits per heavy atom. The molecule has 0 amide bonds. The average Bonchev–Trinajstić information content (AvgIpc) is 2.27. The Morgan fingerprint density at radius 2 is 2.06 bits per heavy atom. The number of hydrogen-bond donors (Lipinski definition) is 1. The molecule has 0 heterocycles. The Kier molecular flexibility index (Phi) is 4.70. The van der Waals surface area contributed by atoms with E-state index in [0.717, 1.165) is 12.1 Å². The molecule has 0 saturated heterocycles. The second-order valence-electron chi connectivity index (χ2n) is 4.56. The lowest BCUT2D eigenvalue weighted by Crippen LogP contribution is -2.30. The first kappa shape index (κ1) is 13.7. The van der Waals surface area contributed by atoms with E-state index in [1.165, 1.54) is 6.92 Å². The third kappa shape index (κ3) is 3.56. The minimum Gasteiger partial charge on any atom is -0.508 e. The number of aromatic hydroxyl groups is 1. The fourth-order valence-electron chi connectivity index (χ4n) is 1.81. The van der Waals surface area contributed by atoms with Gasteiger partial charge in [0.15, 0.2) is 5.78 Å². The summed E-state index contributed by atoms with van der Waals surface area (Å²) >= 11 is 0. The molecular formula is C14H21NO2. The predicted molar refractivity (Wildman–Crippen MR) is 69.3 cm³/mol. The van der Waals surface area contributed by atoms with Gasteiger partial charge in [-0.2, -0.15) is 0 Å². The van der Waals surface area contributed by atoms with Crippen molar-refractivity contribution in [2.24, 2.45) is 0 Å². The molecule has 94 valence electrons. The van der Waals surface area contributed by atoms with Crippen LogP contribution in [-0.2, 0) is 6.54 Å². The van der Waals surface area contributed by atoms with Crippen molar-refractivity contribution in [3.8, 4) is 5.75 Å². The number of rotatable bonds is 5. The largest absolute Gasteiger partial charge is 0.508 e. The van der Waals surface area contributed by atoms with Crippen molar-refractivity contribution in [1.29, 1.82) is 0 Å². The first-order valence-corrected chi connectivity index (χ1v) is 6.02. The Morgan fingerprint density at radius 3 is 2.53 bits per heavy atom. The summed E-state index contributed by atoms with van der Waals surface area (Å²) in [4.78, 5) is 13.5. The lowest BCUT2D eigenvalue weighted by atomic mass is 10.1. The first-order valence-electron chi connectivity index (χ1n) is 6.02. The van der Waals surface area contributed by atoms with Gasteiger partial charge >= 0.3 is 0 Å². The molecule has 0 spiro atoms. The molecule has 0 aliphatic rings. The SMILES string of the molecule is CCN(Cc1cc(C(C)=O)ccc1O)C(C)C. The molecule has 17 heavy (non-hydrogen) atoms. The third-order valence-electron chi connectivity index (χ3n) is 3.00. The monoisotopic (exact) mass is 235 g/mol. The van der Waals surface area contributed by atoms with E-state index in [9.17, 15) is 9.90 Å². The second kappa shape index (κ2) is 5.82. The number of hydrogen-bond acceptors (Lipinski definition) is 3. The Hall–Kier alpha value is -1.35. The average molecular weight is 235 g/mol. The third-order valence-corrected chi connectivity index (χ3v) is 3.00. The Labute approximate surface area is 103 Å². The molecule has 1 aromatic rings. The van der Waals surface area contributed by atoms with Crippen LogP contribution in [0.4, 0.5) is 0 Å². The summed E-state index contributed by atoms with van der Waals surface area (Å²) in [5, 5.41) is 9.80. The molecule has 1 rings (SSSR count). The van der Waals surface area contributed by atoms with E-state index in [2.05, 4.69) is 25.7 Å². The van der Waals surface area contributed by atoms with E-state index in [0.29, 0.717) is 18.2 Å². The van der Waals surface area contributed by atoms with E-state index in [1.807, 2.05) is 0 Å². The highest BCUT2D eigenvalue weighted by Crippen LogP contribution is 2.21. The number of ketones is 1. The van der Waals surface area contributed by atoms with Crippen LogP contribution in [0, 0.1) is 0 Å². The predicted octanol–water partition coefficient (Wildman–Crippen LogP) is 2.83. The highest BCUT2D eigenvalue weighted by Gasteiger charge is 2.12. The van der Waals surface area contributed by atoms with Gasteiger partial charge in [-0.25, -0.2) is 0 Å². The van der Waals surface area contributed by atoms with Crippen molar-refractivity contribution in [2.75, 3.05) is 6.54 Å². The van der Waals surface area contributed by atoms with Gasteiger partial charge < -0.3 is 5.11 Å². The van der Waals surface area contributed by atoms with Crippen LogP contribution in [0.25, 0.3) is 0 Å². The number of carbonyl (C=O) groups excluding carboxylic acids is 1. The summed E-state index contributed by atoms with van der Waals surface area (Å²) in [5.41, 5.74) is 1.46. The topological polar surface area (TPSA) is 40.5 Å². The summed E-state index contributed by atoms with van der Waals surface area (Å²) in [7, 11) is 0. The van der Waals surface area contributed by atoms with Gasteiger partial charge in [0.05, 0.1) is 0 Å². The first-order chi connectivity index (χ1) is 7.95. The maximum Gasteiger partial charge on any atom is 0.159 e. The smallest absolute Gasteiger partial charge is 0.159 e. The van der Waals surface area contributed by atoms with Gasteiger partial charge in [-0.1, -0.05) is 6.92 Å². The number of carbonyl (C=O) groups is 1. The van der Waals surface area contributed by atoms with Crippen LogP contribution in [0.15, 0.2) is 18.2 Å². The molecule has 3 heteroatoms. The lowest BCUT2D eigenvalue weighted by molar-refractivity contribution is 0.101. The van der Waals surface area contributed by atoms with Gasteiger partial charge in [0.2, 0.25) is 0 Å². The second-order valence-corrected chi connectivity index (χ2v) is 4.56. The van der Waals surface area contributed by atoms with E-state index in [1.54, 1.807) is 18.2 Å². The van der Waals surface area contributed by atoms with E-state index in [-0.39, 0.29) is 11.5 Å². The highest BCUT2D eigenvalue weighted by atomic mass is 16.3. The standard InChI is InChI=1S/C14H21NO2/c1-5-15(10(2)3)9-13-8-12(11(4)16)6-7-14(13)17/h6-8,10,17H,5,9H2,1-4H3. The number of Topliss-reactive ketones (excluding diaryl/α,β-unsaturated/α-hetero) is 1. The van der Waals surface area contributed by atoms with E-state index >= 15 is 0 Å². The Bertz CT molecular complexity index is 399. The van der Waals surface area contributed by atoms with Crippen molar-refractivity contribution in [2.45, 2.75) is 40.3 Å². The van der Waals surface area contributed by atoms with Crippen molar-refractivity contribution >= 4 is 5.78 Å². The lowest BCUT2D eigenvalue weighted by Gasteiger charge is -2.25. The van der Waals surface area contributed by atoms with Crippen LogP contribution < -0.4 is 0 Å².